The van der Waals surface area contributed by atoms with Crippen molar-refractivity contribution in [3.05, 3.63) is 95.1 Å². The third kappa shape index (κ3) is 7.35. The van der Waals surface area contributed by atoms with Crippen LogP contribution < -0.4 is 14.8 Å². The van der Waals surface area contributed by atoms with Crippen LogP contribution in [0.15, 0.2) is 72.8 Å². The third-order valence-electron chi connectivity index (χ3n) is 6.46. The van der Waals surface area contributed by atoms with Crippen molar-refractivity contribution in [3.8, 4) is 11.5 Å². The van der Waals surface area contributed by atoms with E-state index < -0.39 is 6.04 Å². The Bertz CT molecular complexity index is 1210. The van der Waals surface area contributed by atoms with Gasteiger partial charge in [-0.1, -0.05) is 80.1 Å². The van der Waals surface area contributed by atoms with Crippen LogP contribution in [0.3, 0.4) is 0 Å². The zero-order chi connectivity index (χ0) is 26.2. The van der Waals surface area contributed by atoms with Gasteiger partial charge in [0.25, 0.3) is 0 Å². The lowest BCUT2D eigenvalue weighted by atomic mass is 10.0. The first-order valence-electron chi connectivity index (χ1n) is 12.9. The van der Waals surface area contributed by atoms with Crippen molar-refractivity contribution in [1.29, 1.82) is 0 Å². The van der Waals surface area contributed by atoms with Gasteiger partial charge in [-0.3, -0.25) is 9.59 Å². The minimum atomic E-state index is -0.620. The van der Waals surface area contributed by atoms with Crippen LogP contribution in [0.5, 0.6) is 11.5 Å². The molecule has 2 amide bonds. The fourth-order valence-electron chi connectivity index (χ4n) is 4.48. The summed E-state index contributed by atoms with van der Waals surface area (Å²) in [4.78, 5) is 29.1. The number of benzene rings is 3. The molecule has 3 aromatic rings. The van der Waals surface area contributed by atoms with E-state index in [1.165, 1.54) is 0 Å². The Labute approximate surface area is 219 Å². The standard InChI is InChI=1S/C31H36N2O4/c1-22(2)19-32-31(35)27(17-24-9-5-4-6-10-24)33(20-26-11-7-8-23(3)16-26)30(34)15-13-25-12-14-28-29(18-25)37-21-36-28/h4-12,14,16,18,22,27H,13,15,17,19-21H2,1-3H3,(H,32,35)/t27-/m0/s1. The molecule has 0 aliphatic carbocycles. The summed E-state index contributed by atoms with van der Waals surface area (Å²) in [6, 6.07) is 23.1. The molecule has 1 aliphatic rings. The predicted octanol–water partition coefficient (Wildman–Crippen LogP) is 5.07. The average molecular weight is 501 g/mol. The van der Waals surface area contributed by atoms with E-state index in [0.717, 1.165) is 28.0 Å². The van der Waals surface area contributed by atoms with Crippen molar-refractivity contribution in [2.45, 2.75) is 52.6 Å². The molecule has 0 radical (unpaired) electrons. The fraction of sp³-hybridized carbons (Fsp3) is 0.355. The number of rotatable bonds is 11. The summed E-state index contributed by atoms with van der Waals surface area (Å²) < 4.78 is 10.9. The molecule has 0 unspecified atom stereocenters. The van der Waals surface area contributed by atoms with Crippen LogP contribution in [0.25, 0.3) is 0 Å². The van der Waals surface area contributed by atoms with Crippen LogP contribution in [0.1, 0.15) is 42.5 Å². The van der Waals surface area contributed by atoms with Crippen LogP contribution in [0, 0.1) is 12.8 Å². The zero-order valence-corrected chi connectivity index (χ0v) is 21.9. The number of fused-ring (bicyclic) bond motifs is 1. The van der Waals surface area contributed by atoms with Gasteiger partial charge in [0.05, 0.1) is 0 Å². The molecule has 0 bridgehead atoms. The third-order valence-corrected chi connectivity index (χ3v) is 6.46. The van der Waals surface area contributed by atoms with E-state index in [0.29, 0.717) is 37.6 Å². The van der Waals surface area contributed by atoms with Crippen molar-refractivity contribution < 1.29 is 19.1 Å². The molecule has 6 heteroatoms. The highest BCUT2D eigenvalue weighted by Gasteiger charge is 2.30. The second-order valence-corrected chi connectivity index (χ2v) is 10.0. The first-order chi connectivity index (χ1) is 17.9. The lowest BCUT2D eigenvalue weighted by Gasteiger charge is -2.32. The molecule has 6 nitrogen and oxygen atoms in total. The van der Waals surface area contributed by atoms with Gasteiger partial charge < -0.3 is 19.7 Å². The average Bonchev–Trinajstić information content (AvgIpc) is 3.36. The molecule has 1 atom stereocenters. The Balaban J connectivity index is 1.59. The van der Waals surface area contributed by atoms with E-state index in [1.54, 1.807) is 4.90 Å². The number of ether oxygens (including phenoxy) is 2. The van der Waals surface area contributed by atoms with Crippen LogP contribution in [-0.2, 0) is 29.0 Å². The van der Waals surface area contributed by atoms with Gasteiger partial charge in [0.2, 0.25) is 18.6 Å². The second-order valence-electron chi connectivity index (χ2n) is 10.0. The van der Waals surface area contributed by atoms with Gasteiger partial charge in [0, 0.05) is 25.9 Å². The lowest BCUT2D eigenvalue weighted by Crippen LogP contribution is -2.51. The maximum Gasteiger partial charge on any atom is 0.243 e. The SMILES string of the molecule is Cc1cccc(CN(C(=O)CCc2ccc3c(c2)OCO3)[C@@H](Cc2ccccc2)C(=O)NCC(C)C)c1. The first-order valence-corrected chi connectivity index (χ1v) is 12.9. The smallest absolute Gasteiger partial charge is 0.243 e. The molecule has 194 valence electrons. The quantitative estimate of drug-likeness (QED) is 0.399. The predicted molar refractivity (Wildman–Crippen MR) is 144 cm³/mol. The first kappa shape index (κ1) is 26.3. The molecule has 1 aliphatic heterocycles. The van der Waals surface area contributed by atoms with Crippen molar-refractivity contribution in [2.75, 3.05) is 13.3 Å². The number of nitrogens with one attached hydrogen (secondary N) is 1. The molecule has 3 aromatic carbocycles. The number of carbonyl (C=O) groups excluding carboxylic acids is 2. The monoisotopic (exact) mass is 500 g/mol. The topological polar surface area (TPSA) is 67.9 Å². The molecule has 0 saturated carbocycles. The van der Waals surface area contributed by atoms with E-state index in [1.807, 2.05) is 73.7 Å². The van der Waals surface area contributed by atoms with Gasteiger partial charge in [-0.25, -0.2) is 0 Å². The zero-order valence-electron chi connectivity index (χ0n) is 21.9. The van der Waals surface area contributed by atoms with Crippen LogP contribution in [0.2, 0.25) is 0 Å². The number of nitrogens with zero attached hydrogens (tertiary/aromatic N) is 1. The number of aryl methyl sites for hydroxylation is 2. The second kappa shape index (κ2) is 12.4. The summed E-state index contributed by atoms with van der Waals surface area (Å²) in [5.41, 5.74) is 4.14. The van der Waals surface area contributed by atoms with Crippen molar-refractivity contribution in [2.24, 2.45) is 5.92 Å². The summed E-state index contributed by atoms with van der Waals surface area (Å²) >= 11 is 0. The van der Waals surface area contributed by atoms with E-state index in [9.17, 15) is 9.59 Å². The lowest BCUT2D eigenvalue weighted by molar-refractivity contribution is -0.141. The summed E-state index contributed by atoms with van der Waals surface area (Å²) in [5.74, 6) is 1.56. The molecule has 0 aromatic heterocycles. The Morgan fingerprint density at radius 2 is 1.65 bits per heavy atom. The molecular formula is C31H36N2O4. The highest BCUT2D eigenvalue weighted by Crippen LogP contribution is 2.33. The molecule has 4 rings (SSSR count). The molecule has 0 saturated heterocycles. The molecule has 0 spiro atoms. The van der Waals surface area contributed by atoms with Crippen molar-refractivity contribution >= 4 is 11.8 Å². The fourth-order valence-corrected chi connectivity index (χ4v) is 4.48. The van der Waals surface area contributed by atoms with Gasteiger partial charge in [0.1, 0.15) is 6.04 Å². The van der Waals surface area contributed by atoms with Crippen molar-refractivity contribution in [3.63, 3.8) is 0 Å². The van der Waals surface area contributed by atoms with Gasteiger partial charge in [-0.05, 0) is 48.1 Å². The molecular weight excluding hydrogens is 464 g/mol. The van der Waals surface area contributed by atoms with Gasteiger partial charge in [-0.15, -0.1) is 0 Å². The number of carbonyl (C=O) groups is 2. The number of amides is 2. The summed E-state index contributed by atoms with van der Waals surface area (Å²) in [5, 5.41) is 3.07. The minimum Gasteiger partial charge on any atom is -0.454 e. The van der Waals surface area contributed by atoms with Crippen LogP contribution in [-0.4, -0.2) is 36.1 Å². The summed E-state index contributed by atoms with van der Waals surface area (Å²) in [6.07, 6.45) is 1.28. The highest BCUT2D eigenvalue weighted by molar-refractivity contribution is 5.88. The van der Waals surface area contributed by atoms with Gasteiger partial charge >= 0.3 is 0 Å². The normalized spacial score (nSPS) is 12.9. The van der Waals surface area contributed by atoms with E-state index in [-0.39, 0.29) is 25.0 Å². The Morgan fingerprint density at radius 1 is 0.892 bits per heavy atom. The van der Waals surface area contributed by atoms with E-state index in [2.05, 4.69) is 25.2 Å². The number of hydrogen-bond acceptors (Lipinski definition) is 4. The largest absolute Gasteiger partial charge is 0.454 e. The Kier molecular flexibility index (Phi) is 8.83. The Morgan fingerprint density at radius 3 is 2.41 bits per heavy atom. The maximum absolute atomic E-state index is 13.8. The summed E-state index contributed by atoms with van der Waals surface area (Å²) in [6.45, 7) is 7.31. The van der Waals surface area contributed by atoms with E-state index >= 15 is 0 Å². The van der Waals surface area contributed by atoms with Crippen LogP contribution in [0.4, 0.5) is 0 Å². The molecule has 1 N–H and O–H groups in total. The van der Waals surface area contributed by atoms with Crippen LogP contribution >= 0.6 is 0 Å². The minimum absolute atomic E-state index is 0.0557. The molecule has 37 heavy (non-hydrogen) atoms. The van der Waals surface area contributed by atoms with E-state index in [4.69, 9.17) is 9.47 Å². The highest BCUT2D eigenvalue weighted by atomic mass is 16.7. The maximum atomic E-state index is 13.8. The van der Waals surface area contributed by atoms with Gasteiger partial charge in [-0.2, -0.15) is 0 Å². The van der Waals surface area contributed by atoms with Gasteiger partial charge in [0.15, 0.2) is 11.5 Å². The molecule has 1 heterocycles. The summed E-state index contributed by atoms with van der Waals surface area (Å²) in [7, 11) is 0. The number of hydrogen-bond donors (Lipinski definition) is 1. The van der Waals surface area contributed by atoms with Crippen molar-refractivity contribution in [1.82, 2.24) is 10.2 Å². The Hall–Kier alpha value is -3.80. The molecule has 0 fully saturated rings.